The molecule has 0 atom stereocenters. The fourth-order valence-electron chi connectivity index (χ4n) is 2.41. The van der Waals surface area contributed by atoms with Crippen LogP contribution in [0.2, 0.25) is 0 Å². The number of hydrogen-bond donors (Lipinski definition) is 1. The van der Waals surface area contributed by atoms with E-state index in [9.17, 15) is 4.79 Å². The molecule has 2 heterocycles. The molecule has 0 aliphatic heterocycles. The smallest absolute Gasteiger partial charge is 0.340 e. The van der Waals surface area contributed by atoms with Gasteiger partial charge in [-0.3, -0.25) is 0 Å². The maximum absolute atomic E-state index is 11.8. The Morgan fingerprint density at radius 3 is 2.76 bits per heavy atom. The van der Waals surface area contributed by atoms with Crippen LogP contribution in [0, 0.1) is 0 Å². The number of fused-ring (bicyclic) bond motifs is 1. The van der Waals surface area contributed by atoms with E-state index in [2.05, 4.69) is 15.3 Å². The van der Waals surface area contributed by atoms with E-state index in [1.165, 1.54) is 24.8 Å². The Morgan fingerprint density at radius 2 is 2.04 bits per heavy atom. The van der Waals surface area contributed by atoms with Crippen LogP contribution in [0.5, 0.6) is 11.5 Å². The second-order valence-corrected chi connectivity index (χ2v) is 5.95. The summed E-state index contributed by atoms with van der Waals surface area (Å²) in [5.41, 5.74) is 1.98. The zero-order chi connectivity index (χ0) is 17.8. The highest BCUT2D eigenvalue weighted by Gasteiger charge is 2.17. The molecule has 0 aliphatic rings. The molecule has 2 aromatic heterocycles. The Bertz CT molecular complexity index is 910. The van der Waals surface area contributed by atoms with E-state index in [0.29, 0.717) is 23.4 Å². The van der Waals surface area contributed by atoms with Gasteiger partial charge in [0.05, 0.1) is 31.6 Å². The Hall–Kier alpha value is -2.87. The third kappa shape index (κ3) is 3.34. The Kier molecular flexibility index (Phi) is 4.99. The van der Waals surface area contributed by atoms with Gasteiger partial charge in [-0.25, -0.2) is 14.8 Å². The number of esters is 1. The van der Waals surface area contributed by atoms with Crippen LogP contribution in [0.3, 0.4) is 0 Å². The summed E-state index contributed by atoms with van der Waals surface area (Å²) in [6, 6.07) is 5.63. The van der Waals surface area contributed by atoms with Crippen molar-refractivity contribution >= 4 is 33.3 Å². The van der Waals surface area contributed by atoms with Gasteiger partial charge in [0.25, 0.3) is 0 Å². The molecule has 0 saturated carbocycles. The number of carbonyl (C=O) groups excluding carboxylic acids is 1. The molecule has 0 aliphatic carbocycles. The minimum atomic E-state index is -0.410. The first-order valence-corrected chi connectivity index (χ1v) is 8.31. The molecule has 3 rings (SSSR count). The van der Waals surface area contributed by atoms with Crippen LogP contribution in [0.15, 0.2) is 29.9 Å². The van der Waals surface area contributed by atoms with E-state index in [1.807, 2.05) is 18.2 Å². The zero-order valence-corrected chi connectivity index (χ0v) is 14.8. The minimum Gasteiger partial charge on any atom is -0.497 e. The van der Waals surface area contributed by atoms with E-state index in [4.69, 9.17) is 14.2 Å². The number of benzene rings is 1. The molecule has 3 aromatic rings. The number of anilines is 1. The quantitative estimate of drug-likeness (QED) is 0.677. The second-order valence-electron chi connectivity index (χ2n) is 5.07. The highest BCUT2D eigenvalue weighted by Crippen LogP contribution is 2.31. The standard InChI is InChI=1S/C17H17N3O4S/c1-22-11-5-4-10(13(6-11)23-2)7-18-16-15-14(19-9-20-16)12(8-25-15)17(21)24-3/h4-6,8-9H,7H2,1-3H3,(H,18,19,20). The summed E-state index contributed by atoms with van der Waals surface area (Å²) in [5, 5.41) is 5.00. The van der Waals surface area contributed by atoms with E-state index in [1.54, 1.807) is 19.6 Å². The van der Waals surface area contributed by atoms with Gasteiger partial charge in [0.2, 0.25) is 0 Å². The largest absolute Gasteiger partial charge is 0.497 e. The summed E-state index contributed by atoms with van der Waals surface area (Å²) in [6.45, 7) is 0.505. The molecule has 1 aromatic carbocycles. The molecule has 1 N–H and O–H groups in total. The highest BCUT2D eigenvalue weighted by molar-refractivity contribution is 7.18. The number of ether oxygens (including phenoxy) is 3. The summed E-state index contributed by atoms with van der Waals surface area (Å²) < 4.78 is 16.2. The van der Waals surface area contributed by atoms with Gasteiger partial charge in [0.1, 0.15) is 29.2 Å². The maximum Gasteiger partial charge on any atom is 0.340 e. The summed E-state index contributed by atoms with van der Waals surface area (Å²) in [7, 11) is 4.57. The van der Waals surface area contributed by atoms with Crippen molar-refractivity contribution in [1.82, 2.24) is 9.97 Å². The van der Waals surface area contributed by atoms with E-state index < -0.39 is 5.97 Å². The Labute approximate surface area is 148 Å². The molecule has 0 saturated heterocycles. The average molecular weight is 359 g/mol. The summed E-state index contributed by atoms with van der Waals surface area (Å²) in [5.74, 6) is 1.69. The van der Waals surface area contributed by atoms with Crippen LogP contribution in [0.1, 0.15) is 15.9 Å². The molecule has 0 bridgehead atoms. The summed E-state index contributed by atoms with van der Waals surface area (Å²) >= 11 is 1.40. The fraction of sp³-hybridized carbons (Fsp3) is 0.235. The predicted molar refractivity (Wildman–Crippen MR) is 95.6 cm³/mol. The van der Waals surface area contributed by atoms with Gasteiger partial charge in [0, 0.05) is 23.6 Å². The van der Waals surface area contributed by atoms with E-state index in [-0.39, 0.29) is 0 Å². The predicted octanol–water partition coefficient (Wildman–Crippen LogP) is 3.11. The summed E-state index contributed by atoms with van der Waals surface area (Å²) in [4.78, 5) is 20.3. The molecular formula is C17H17N3O4S. The zero-order valence-electron chi connectivity index (χ0n) is 14.0. The van der Waals surface area contributed by atoms with Crippen LogP contribution < -0.4 is 14.8 Å². The van der Waals surface area contributed by atoms with Gasteiger partial charge >= 0.3 is 5.97 Å². The first-order valence-electron chi connectivity index (χ1n) is 7.43. The van der Waals surface area contributed by atoms with Crippen molar-refractivity contribution < 1.29 is 19.0 Å². The number of nitrogens with one attached hydrogen (secondary N) is 1. The van der Waals surface area contributed by atoms with Crippen molar-refractivity contribution in [2.75, 3.05) is 26.6 Å². The molecule has 130 valence electrons. The number of methoxy groups -OCH3 is 3. The molecule has 8 heteroatoms. The van der Waals surface area contributed by atoms with E-state index in [0.717, 1.165) is 21.8 Å². The van der Waals surface area contributed by atoms with Crippen LogP contribution in [0.25, 0.3) is 10.2 Å². The van der Waals surface area contributed by atoms with Gasteiger partial charge in [0.15, 0.2) is 0 Å². The lowest BCUT2D eigenvalue weighted by Crippen LogP contribution is -2.05. The molecule has 0 spiro atoms. The van der Waals surface area contributed by atoms with Gasteiger partial charge in [-0.1, -0.05) is 0 Å². The Balaban J connectivity index is 1.87. The van der Waals surface area contributed by atoms with Gasteiger partial charge in [-0.15, -0.1) is 11.3 Å². The normalized spacial score (nSPS) is 10.5. The van der Waals surface area contributed by atoms with Crippen molar-refractivity contribution in [2.45, 2.75) is 6.54 Å². The molecule has 0 radical (unpaired) electrons. The molecular weight excluding hydrogens is 342 g/mol. The van der Waals surface area contributed by atoms with Crippen LogP contribution in [-0.4, -0.2) is 37.3 Å². The Morgan fingerprint density at radius 1 is 1.20 bits per heavy atom. The summed E-state index contributed by atoms with van der Waals surface area (Å²) in [6.07, 6.45) is 1.43. The number of carbonyl (C=O) groups is 1. The number of rotatable bonds is 6. The van der Waals surface area contributed by atoms with Crippen molar-refractivity contribution in [3.05, 3.63) is 41.0 Å². The average Bonchev–Trinajstić information content (AvgIpc) is 3.10. The van der Waals surface area contributed by atoms with Crippen molar-refractivity contribution in [1.29, 1.82) is 0 Å². The number of aromatic nitrogens is 2. The monoisotopic (exact) mass is 359 g/mol. The van der Waals surface area contributed by atoms with Crippen LogP contribution >= 0.6 is 11.3 Å². The highest BCUT2D eigenvalue weighted by atomic mass is 32.1. The van der Waals surface area contributed by atoms with Crippen LogP contribution in [-0.2, 0) is 11.3 Å². The lowest BCUT2D eigenvalue weighted by molar-refractivity contribution is 0.0603. The van der Waals surface area contributed by atoms with Crippen molar-refractivity contribution in [2.24, 2.45) is 0 Å². The van der Waals surface area contributed by atoms with E-state index >= 15 is 0 Å². The third-order valence-electron chi connectivity index (χ3n) is 3.70. The molecule has 25 heavy (non-hydrogen) atoms. The van der Waals surface area contributed by atoms with Gasteiger partial charge < -0.3 is 19.5 Å². The molecule has 0 amide bonds. The molecule has 7 nitrogen and oxygen atoms in total. The number of thiophene rings is 1. The van der Waals surface area contributed by atoms with Crippen molar-refractivity contribution in [3.8, 4) is 11.5 Å². The molecule has 0 fully saturated rings. The minimum absolute atomic E-state index is 0.410. The van der Waals surface area contributed by atoms with Gasteiger partial charge in [-0.05, 0) is 12.1 Å². The SMILES string of the molecule is COC(=O)c1csc2c(NCc3ccc(OC)cc3OC)ncnc12. The maximum atomic E-state index is 11.8. The van der Waals surface area contributed by atoms with Gasteiger partial charge in [-0.2, -0.15) is 0 Å². The first-order chi connectivity index (χ1) is 12.2. The first kappa shape index (κ1) is 17.0. The lowest BCUT2D eigenvalue weighted by atomic mass is 10.2. The lowest BCUT2D eigenvalue weighted by Gasteiger charge is -2.12. The molecule has 0 unspecified atom stereocenters. The topological polar surface area (TPSA) is 82.6 Å². The fourth-order valence-corrected chi connectivity index (χ4v) is 3.36. The third-order valence-corrected chi connectivity index (χ3v) is 4.68. The number of nitrogens with zero attached hydrogens (tertiary/aromatic N) is 2. The van der Waals surface area contributed by atoms with Crippen LogP contribution in [0.4, 0.5) is 5.82 Å². The number of hydrogen-bond acceptors (Lipinski definition) is 8. The van der Waals surface area contributed by atoms with Crippen molar-refractivity contribution in [3.63, 3.8) is 0 Å². The second kappa shape index (κ2) is 7.35.